The smallest absolute Gasteiger partial charge is 0.314 e. The van der Waals surface area contributed by atoms with Gasteiger partial charge in [0.05, 0.1) is 11.4 Å². The molecule has 4 rings (SSSR count). The number of carbonyl (C=O) groups excluding carboxylic acids is 2. The van der Waals surface area contributed by atoms with Gasteiger partial charge in [0.15, 0.2) is 0 Å². The van der Waals surface area contributed by atoms with Crippen LogP contribution in [0.2, 0.25) is 0 Å². The summed E-state index contributed by atoms with van der Waals surface area (Å²) in [5.74, 6) is -3.98. The van der Waals surface area contributed by atoms with Crippen LogP contribution < -0.4 is 14.9 Å². The van der Waals surface area contributed by atoms with Gasteiger partial charge in [-0.2, -0.15) is 0 Å². The molecular formula is C21H17F2N3O4S2. The van der Waals surface area contributed by atoms with Crippen LogP contribution in [0.1, 0.15) is 12.0 Å². The number of anilines is 3. The Balaban J connectivity index is 1.55. The summed E-state index contributed by atoms with van der Waals surface area (Å²) >= 11 is 1.11. The predicted octanol–water partition coefficient (Wildman–Crippen LogP) is 3.75. The second kappa shape index (κ2) is 8.67. The number of nitrogens with zero attached hydrogens (tertiary/aromatic N) is 1. The molecule has 32 heavy (non-hydrogen) atoms. The first-order valence-electron chi connectivity index (χ1n) is 9.52. The number of sulfonamides is 1. The van der Waals surface area contributed by atoms with E-state index in [0.29, 0.717) is 18.5 Å². The van der Waals surface area contributed by atoms with Crippen molar-refractivity contribution in [1.82, 2.24) is 0 Å². The molecule has 1 aliphatic rings. The van der Waals surface area contributed by atoms with E-state index in [-0.39, 0.29) is 16.4 Å². The maximum Gasteiger partial charge on any atom is 0.314 e. The van der Waals surface area contributed by atoms with Crippen molar-refractivity contribution in [3.63, 3.8) is 0 Å². The van der Waals surface area contributed by atoms with Crippen LogP contribution >= 0.6 is 11.3 Å². The molecule has 2 aromatic carbocycles. The van der Waals surface area contributed by atoms with Crippen LogP contribution in [-0.4, -0.2) is 26.8 Å². The number of amides is 2. The second-order valence-electron chi connectivity index (χ2n) is 6.99. The first kappa shape index (κ1) is 21.9. The van der Waals surface area contributed by atoms with Crippen LogP contribution in [0.5, 0.6) is 0 Å². The monoisotopic (exact) mass is 477 g/mol. The van der Waals surface area contributed by atoms with Crippen molar-refractivity contribution in [3.8, 4) is 0 Å². The fraction of sp³-hybridized carbons (Fsp3) is 0.143. The third kappa shape index (κ3) is 4.34. The van der Waals surface area contributed by atoms with Gasteiger partial charge in [0.25, 0.3) is 10.0 Å². The minimum absolute atomic E-state index is 0.192. The number of thiophene rings is 1. The van der Waals surface area contributed by atoms with E-state index >= 15 is 0 Å². The molecule has 0 aliphatic carbocycles. The molecule has 3 aromatic rings. The van der Waals surface area contributed by atoms with Gasteiger partial charge in [0, 0.05) is 18.3 Å². The van der Waals surface area contributed by atoms with E-state index in [9.17, 15) is 26.8 Å². The van der Waals surface area contributed by atoms with E-state index in [1.165, 1.54) is 16.4 Å². The molecule has 0 fully saturated rings. The molecule has 2 amide bonds. The molecule has 1 aliphatic heterocycles. The summed E-state index contributed by atoms with van der Waals surface area (Å²) in [4.78, 5) is 24.4. The second-order valence-corrected chi connectivity index (χ2v) is 10.0. The van der Waals surface area contributed by atoms with Crippen molar-refractivity contribution in [1.29, 1.82) is 0 Å². The molecule has 0 unspecified atom stereocenters. The molecule has 166 valence electrons. The van der Waals surface area contributed by atoms with E-state index in [1.807, 2.05) is 5.32 Å². The summed E-state index contributed by atoms with van der Waals surface area (Å²) < 4.78 is 54.5. The summed E-state index contributed by atoms with van der Waals surface area (Å²) in [6.07, 6.45) is 1.31. The van der Waals surface area contributed by atoms with Crippen LogP contribution in [0.25, 0.3) is 0 Å². The molecule has 2 heterocycles. The van der Waals surface area contributed by atoms with E-state index in [1.54, 1.807) is 23.6 Å². The van der Waals surface area contributed by atoms with Crippen molar-refractivity contribution in [2.24, 2.45) is 0 Å². The SMILES string of the molecule is O=C(Nc1ccc2c(c1)N(S(=O)(=O)c1cccs1)CCC2)C(=O)Nc1cc(F)ccc1F. The fourth-order valence-electron chi connectivity index (χ4n) is 3.35. The molecule has 11 heteroatoms. The van der Waals surface area contributed by atoms with Crippen LogP contribution in [0.3, 0.4) is 0 Å². The Hall–Kier alpha value is -3.31. The lowest BCUT2D eigenvalue weighted by atomic mass is 10.0. The minimum Gasteiger partial charge on any atom is -0.318 e. The van der Waals surface area contributed by atoms with Crippen molar-refractivity contribution >= 4 is 50.2 Å². The van der Waals surface area contributed by atoms with Crippen molar-refractivity contribution in [3.05, 3.63) is 71.1 Å². The number of benzene rings is 2. The predicted molar refractivity (Wildman–Crippen MR) is 117 cm³/mol. The minimum atomic E-state index is -3.76. The number of hydrogen-bond acceptors (Lipinski definition) is 5. The number of aryl methyl sites for hydroxylation is 1. The maximum absolute atomic E-state index is 13.7. The highest BCUT2D eigenvalue weighted by Crippen LogP contribution is 2.35. The molecular weight excluding hydrogens is 460 g/mol. The van der Waals surface area contributed by atoms with Crippen molar-refractivity contribution in [2.45, 2.75) is 17.1 Å². The number of hydrogen-bond donors (Lipinski definition) is 2. The zero-order chi connectivity index (χ0) is 22.9. The quantitative estimate of drug-likeness (QED) is 0.560. The van der Waals surface area contributed by atoms with Gasteiger partial charge >= 0.3 is 11.8 Å². The fourth-order valence-corrected chi connectivity index (χ4v) is 5.98. The number of halogens is 2. The van der Waals surface area contributed by atoms with Gasteiger partial charge in [0.1, 0.15) is 15.8 Å². The number of rotatable bonds is 4. The Kier molecular flexibility index (Phi) is 5.94. The zero-order valence-corrected chi connectivity index (χ0v) is 18.1. The summed E-state index contributed by atoms with van der Waals surface area (Å²) in [6, 6.07) is 10.4. The summed E-state index contributed by atoms with van der Waals surface area (Å²) in [7, 11) is -3.76. The third-order valence-electron chi connectivity index (χ3n) is 4.84. The zero-order valence-electron chi connectivity index (χ0n) is 16.5. The van der Waals surface area contributed by atoms with Crippen LogP contribution in [0.15, 0.2) is 58.1 Å². The van der Waals surface area contributed by atoms with Crippen LogP contribution in [0.4, 0.5) is 25.8 Å². The average Bonchev–Trinajstić information content (AvgIpc) is 3.31. The molecule has 0 bridgehead atoms. The van der Waals surface area contributed by atoms with E-state index in [0.717, 1.165) is 35.1 Å². The van der Waals surface area contributed by atoms with Gasteiger partial charge in [-0.1, -0.05) is 12.1 Å². The highest BCUT2D eigenvalue weighted by Gasteiger charge is 2.30. The normalized spacial score (nSPS) is 13.4. The van der Waals surface area contributed by atoms with Crippen molar-refractivity contribution < 1.29 is 26.8 Å². The van der Waals surface area contributed by atoms with Gasteiger partial charge < -0.3 is 10.6 Å². The highest BCUT2D eigenvalue weighted by atomic mass is 32.2. The van der Waals surface area contributed by atoms with Gasteiger partial charge in [-0.05, 0) is 54.1 Å². The lowest BCUT2D eigenvalue weighted by Gasteiger charge is -2.30. The summed E-state index contributed by atoms with van der Waals surface area (Å²) in [6.45, 7) is 0.282. The Bertz CT molecular complexity index is 1290. The first-order valence-corrected chi connectivity index (χ1v) is 11.8. The van der Waals surface area contributed by atoms with Crippen molar-refractivity contribution in [2.75, 3.05) is 21.5 Å². The Morgan fingerprint density at radius 3 is 2.53 bits per heavy atom. The maximum atomic E-state index is 13.7. The molecule has 0 radical (unpaired) electrons. The lowest BCUT2D eigenvalue weighted by molar-refractivity contribution is -0.133. The van der Waals surface area contributed by atoms with Gasteiger partial charge in [0.2, 0.25) is 0 Å². The number of nitrogens with one attached hydrogen (secondary N) is 2. The number of carbonyl (C=O) groups is 2. The number of fused-ring (bicyclic) bond motifs is 1. The van der Waals surface area contributed by atoms with Crippen LogP contribution in [-0.2, 0) is 26.0 Å². The lowest BCUT2D eigenvalue weighted by Crippen LogP contribution is -2.35. The molecule has 1 aromatic heterocycles. The molecule has 2 N–H and O–H groups in total. The standard InChI is InChI=1S/C21H17F2N3O4S2/c22-14-6-8-16(23)17(11-14)25-21(28)20(27)24-15-7-5-13-3-1-9-26(18(13)12-15)32(29,30)19-4-2-10-31-19/h2,4-8,10-12H,1,3,9H2,(H,24,27)(H,25,28). The van der Waals surface area contributed by atoms with E-state index in [2.05, 4.69) is 5.32 Å². The van der Waals surface area contributed by atoms with E-state index < -0.39 is 39.2 Å². The molecule has 0 atom stereocenters. The first-order chi connectivity index (χ1) is 15.3. The third-order valence-corrected chi connectivity index (χ3v) is 8.03. The summed E-state index contributed by atoms with van der Waals surface area (Å²) in [5.41, 5.74) is 0.931. The highest BCUT2D eigenvalue weighted by molar-refractivity contribution is 7.94. The topological polar surface area (TPSA) is 95.6 Å². The van der Waals surface area contributed by atoms with Crippen LogP contribution in [0, 0.1) is 11.6 Å². The largest absolute Gasteiger partial charge is 0.318 e. The Morgan fingerprint density at radius 2 is 1.78 bits per heavy atom. The average molecular weight is 478 g/mol. The summed E-state index contributed by atoms with van der Waals surface area (Å²) in [5, 5.41) is 6.06. The molecule has 0 saturated heterocycles. The molecule has 0 saturated carbocycles. The Morgan fingerprint density at radius 1 is 1.00 bits per heavy atom. The Labute approximate surface area is 186 Å². The molecule has 7 nitrogen and oxygen atoms in total. The molecule has 0 spiro atoms. The van der Waals surface area contributed by atoms with Gasteiger partial charge in [-0.25, -0.2) is 17.2 Å². The van der Waals surface area contributed by atoms with Gasteiger partial charge in [-0.15, -0.1) is 11.3 Å². The van der Waals surface area contributed by atoms with Gasteiger partial charge in [-0.3, -0.25) is 13.9 Å². The van der Waals surface area contributed by atoms with E-state index in [4.69, 9.17) is 0 Å².